The predicted octanol–water partition coefficient (Wildman–Crippen LogP) is 12.7. The van der Waals surface area contributed by atoms with Crippen LogP contribution in [0.4, 0.5) is 0 Å². The van der Waals surface area contributed by atoms with Crippen molar-refractivity contribution in [2.45, 2.75) is 73.1 Å². The van der Waals surface area contributed by atoms with Gasteiger partial charge in [-0.1, -0.05) is 120 Å². The van der Waals surface area contributed by atoms with Gasteiger partial charge < -0.3 is 0 Å². The molecule has 0 spiro atoms. The van der Waals surface area contributed by atoms with Crippen LogP contribution in [0, 0.1) is 20.8 Å². The molecule has 0 N–H and O–H groups in total. The minimum atomic E-state index is -0.252. The molecule has 0 unspecified atom stereocenters. The van der Waals surface area contributed by atoms with Crippen molar-refractivity contribution in [3.8, 4) is 27.9 Å². The number of aryl methyl sites for hydroxylation is 3. The molecular weight excluding hydrogens is 659 g/mol. The molecule has 0 radical (unpaired) electrons. The Morgan fingerprint density at radius 2 is 0.833 bits per heavy atom. The summed E-state index contributed by atoms with van der Waals surface area (Å²) in [4.78, 5) is 30.4. The van der Waals surface area contributed by atoms with E-state index in [-0.39, 0.29) is 21.9 Å². The first-order valence-electron chi connectivity index (χ1n) is 19.1. The number of aromatic nitrogens is 1. The highest BCUT2D eigenvalue weighted by atomic mass is 16.2. The lowest BCUT2D eigenvalue weighted by Crippen LogP contribution is -2.24. The zero-order valence-corrected chi connectivity index (χ0v) is 32.5. The zero-order chi connectivity index (χ0) is 37.7. The third-order valence-electron chi connectivity index (χ3n) is 12.4. The topological polar surface area (TPSA) is 39.1 Å². The minimum Gasteiger partial charge on any atom is -0.268 e. The van der Waals surface area contributed by atoms with E-state index in [1.807, 2.05) is 19.9 Å². The Bertz CT molecular complexity index is 3110. The monoisotopic (exact) mass is 701 g/mol. The normalized spacial score (nSPS) is 13.1. The molecule has 0 saturated heterocycles. The van der Waals surface area contributed by atoms with Crippen molar-refractivity contribution in [1.29, 1.82) is 0 Å². The molecule has 3 nitrogen and oxygen atoms in total. The molecule has 3 heteroatoms. The molecule has 264 valence electrons. The third kappa shape index (κ3) is 4.18. The second kappa shape index (κ2) is 10.7. The fraction of sp³-hybridized carbons (Fsp3) is 0.216. The van der Waals surface area contributed by atoms with E-state index < -0.39 is 0 Å². The highest BCUT2D eigenvalue weighted by Crippen LogP contribution is 2.54. The Balaban J connectivity index is 1.50. The summed E-state index contributed by atoms with van der Waals surface area (Å²) in [6, 6.07) is 35.0. The Morgan fingerprint density at radius 3 is 1.30 bits per heavy atom. The van der Waals surface area contributed by atoms with Crippen LogP contribution in [0.1, 0.15) is 69.4 Å². The van der Waals surface area contributed by atoms with Crippen LogP contribution in [0.15, 0.2) is 107 Å². The van der Waals surface area contributed by atoms with Crippen molar-refractivity contribution >= 4 is 64.6 Å². The molecule has 0 aliphatic carbocycles. The molecule has 0 saturated carbocycles. The minimum absolute atomic E-state index is 0.115. The summed E-state index contributed by atoms with van der Waals surface area (Å²) in [5.41, 5.74) is 10.0. The zero-order valence-electron chi connectivity index (χ0n) is 32.5. The van der Waals surface area contributed by atoms with Gasteiger partial charge in [-0.15, -0.1) is 0 Å². The van der Waals surface area contributed by atoms with Gasteiger partial charge in [0, 0.05) is 0 Å². The van der Waals surface area contributed by atoms with Gasteiger partial charge in [0.1, 0.15) is 0 Å². The van der Waals surface area contributed by atoms with Gasteiger partial charge in [-0.3, -0.25) is 9.59 Å². The van der Waals surface area contributed by atoms with Crippen LogP contribution in [0.2, 0.25) is 0 Å². The van der Waals surface area contributed by atoms with E-state index in [2.05, 4.69) is 139 Å². The van der Waals surface area contributed by atoms with Crippen molar-refractivity contribution in [3.63, 3.8) is 0 Å². The van der Waals surface area contributed by atoms with Crippen molar-refractivity contribution in [3.05, 3.63) is 146 Å². The summed E-state index contributed by atoms with van der Waals surface area (Å²) >= 11 is 0. The van der Waals surface area contributed by atoms with Crippen molar-refractivity contribution in [2.75, 3.05) is 0 Å². The quantitative estimate of drug-likeness (QED) is 0.172. The highest BCUT2D eigenvalue weighted by Gasteiger charge is 2.31. The standard InChI is InChI=1S/C51H43NO2/c1-26-22-28(3)40(23-27(26)2)52-48(53)46-36-24-34(30-14-10-12-16-38(30)50(4,5)6)32-20-18-29-19-21-33-35(31-15-11-13-17-39(31)51(7,8)9)25-37(47(46)49(52)54)45-43(33)41(29)42(32)44(36)45/h10-25H,1-9H3. The first-order chi connectivity index (χ1) is 25.7. The molecule has 9 aromatic carbocycles. The van der Waals surface area contributed by atoms with E-state index in [4.69, 9.17) is 0 Å². The van der Waals surface area contributed by atoms with Gasteiger partial charge in [0.2, 0.25) is 0 Å². The highest BCUT2D eigenvalue weighted by molar-refractivity contribution is 6.50. The van der Waals surface area contributed by atoms with E-state index in [0.29, 0.717) is 16.5 Å². The molecule has 54 heavy (non-hydrogen) atoms. The van der Waals surface area contributed by atoms with Gasteiger partial charge in [0.05, 0.1) is 16.5 Å². The Morgan fingerprint density at radius 1 is 0.407 bits per heavy atom. The predicted molar refractivity (Wildman–Crippen MR) is 231 cm³/mol. The van der Waals surface area contributed by atoms with Crippen LogP contribution in [-0.2, 0) is 10.8 Å². The fourth-order valence-corrected chi connectivity index (χ4v) is 9.78. The van der Waals surface area contributed by atoms with Gasteiger partial charge in [0.15, 0.2) is 0 Å². The van der Waals surface area contributed by atoms with Gasteiger partial charge in [0.25, 0.3) is 11.1 Å². The average Bonchev–Trinajstić information content (AvgIpc) is 3.63. The summed E-state index contributed by atoms with van der Waals surface area (Å²) < 4.78 is 1.46. The van der Waals surface area contributed by atoms with Gasteiger partial charge in [-0.25, -0.2) is 4.57 Å². The number of hydrogen-bond donors (Lipinski definition) is 0. The van der Waals surface area contributed by atoms with Crippen molar-refractivity contribution in [2.24, 2.45) is 0 Å². The third-order valence-corrected chi connectivity index (χ3v) is 12.4. The maximum absolute atomic E-state index is 15.2. The first kappa shape index (κ1) is 32.8. The van der Waals surface area contributed by atoms with Crippen LogP contribution >= 0.6 is 0 Å². The van der Waals surface area contributed by atoms with E-state index in [1.54, 1.807) is 0 Å². The van der Waals surface area contributed by atoms with Gasteiger partial charge >= 0.3 is 0 Å². The van der Waals surface area contributed by atoms with E-state index >= 15 is 9.59 Å². The summed E-state index contributed by atoms with van der Waals surface area (Å²) in [6.07, 6.45) is 0. The summed E-state index contributed by atoms with van der Waals surface area (Å²) in [5.74, 6) is 0. The molecule has 0 amide bonds. The molecule has 1 heterocycles. The van der Waals surface area contributed by atoms with Crippen molar-refractivity contribution < 1.29 is 0 Å². The maximum Gasteiger partial charge on any atom is 0.266 e. The molecule has 0 atom stereocenters. The number of benzene rings is 8. The molecule has 10 aromatic rings. The molecular formula is C51H43NO2. The largest absolute Gasteiger partial charge is 0.268 e. The number of rotatable bonds is 3. The smallest absolute Gasteiger partial charge is 0.266 e. The van der Waals surface area contributed by atoms with Crippen LogP contribution in [-0.4, -0.2) is 4.57 Å². The number of nitrogens with zero attached hydrogens (tertiary/aromatic N) is 1. The Hall–Kier alpha value is -5.80. The van der Waals surface area contributed by atoms with Gasteiger partial charge in [-0.2, -0.15) is 0 Å². The summed E-state index contributed by atoms with van der Waals surface area (Å²) in [6.45, 7) is 19.7. The first-order valence-corrected chi connectivity index (χ1v) is 19.1. The lowest BCUT2D eigenvalue weighted by Gasteiger charge is -2.24. The lowest BCUT2D eigenvalue weighted by molar-refractivity contribution is 0.592. The Kier molecular flexibility index (Phi) is 6.48. The van der Waals surface area contributed by atoms with Crippen LogP contribution in [0.3, 0.4) is 0 Å². The molecule has 0 bridgehead atoms. The van der Waals surface area contributed by atoms with E-state index in [9.17, 15) is 0 Å². The lowest BCUT2D eigenvalue weighted by atomic mass is 9.80. The van der Waals surface area contributed by atoms with Crippen LogP contribution < -0.4 is 11.1 Å². The number of fused-ring (bicyclic) bond motifs is 3. The molecule has 0 aliphatic rings. The summed E-state index contributed by atoms with van der Waals surface area (Å²) in [5, 5.41) is 12.0. The van der Waals surface area contributed by atoms with Gasteiger partial charge in [-0.05, 0) is 154 Å². The van der Waals surface area contributed by atoms with Crippen LogP contribution in [0.25, 0.3) is 92.6 Å². The van der Waals surface area contributed by atoms with Crippen molar-refractivity contribution in [1.82, 2.24) is 4.57 Å². The second-order valence-corrected chi connectivity index (χ2v) is 17.8. The molecule has 10 rings (SSSR count). The number of hydrogen-bond acceptors (Lipinski definition) is 2. The van der Waals surface area contributed by atoms with Crippen LogP contribution in [0.5, 0.6) is 0 Å². The Labute approximate surface area is 314 Å². The SMILES string of the molecule is Cc1cc(C)c(-n2c(=O)c3c4cc(-c5ccccc5C(C)(C)C)c5ccc6ccc7c(-c8ccccc8C(C)(C)C)cc(c3c2=O)c2c7c6c5c42)cc1C. The second-order valence-electron chi connectivity index (χ2n) is 17.8. The average molecular weight is 702 g/mol. The molecule has 0 fully saturated rings. The van der Waals surface area contributed by atoms with E-state index in [1.165, 1.54) is 48.0 Å². The van der Waals surface area contributed by atoms with E-state index in [0.717, 1.165) is 60.5 Å². The summed E-state index contributed by atoms with van der Waals surface area (Å²) in [7, 11) is 0. The maximum atomic E-state index is 15.2. The molecule has 0 aliphatic heterocycles. The molecule has 1 aromatic heterocycles. The fourth-order valence-electron chi connectivity index (χ4n) is 9.78.